The van der Waals surface area contributed by atoms with Crippen LogP contribution in [0.1, 0.15) is 33.6 Å². The van der Waals surface area contributed by atoms with Crippen LogP contribution in [0.2, 0.25) is 0 Å². The highest BCUT2D eigenvalue weighted by molar-refractivity contribution is 14.0. The van der Waals surface area contributed by atoms with E-state index in [2.05, 4.69) is 60.3 Å². The van der Waals surface area contributed by atoms with Crippen molar-refractivity contribution in [2.24, 2.45) is 16.8 Å². The molecule has 136 valence electrons. The Bertz CT molecular complexity index is 379. The summed E-state index contributed by atoms with van der Waals surface area (Å²) in [5, 5.41) is 7.17. The standard InChI is InChI=1S/C17H35N5.HI/c1-12(2)22-10-13(3)15(11-22)20-17(18-4)19-9-16(21(5)6)14-7-8-14;/h12-16H,7-11H2,1-6H3,(H2,18,19,20);1H. The van der Waals surface area contributed by atoms with Crippen LogP contribution in [0.4, 0.5) is 0 Å². The van der Waals surface area contributed by atoms with Crippen molar-refractivity contribution in [3.8, 4) is 0 Å². The lowest BCUT2D eigenvalue weighted by Crippen LogP contribution is -2.50. The van der Waals surface area contributed by atoms with Gasteiger partial charge in [0.2, 0.25) is 0 Å². The van der Waals surface area contributed by atoms with E-state index in [1.807, 2.05) is 7.05 Å². The lowest BCUT2D eigenvalue weighted by atomic mass is 10.1. The van der Waals surface area contributed by atoms with Gasteiger partial charge in [-0.25, -0.2) is 0 Å². The van der Waals surface area contributed by atoms with E-state index in [1.165, 1.54) is 19.4 Å². The molecule has 3 unspecified atom stereocenters. The van der Waals surface area contributed by atoms with Gasteiger partial charge in [0.05, 0.1) is 0 Å². The summed E-state index contributed by atoms with van der Waals surface area (Å²) >= 11 is 0. The SMILES string of the molecule is CN=C(NCC(C1CC1)N(C)C)NC1CN(C(C)C)CC1C.I. The number of likely N-dealkylation sites (tertiary alicyclic amines) is 1. The fraction of sp³-hybridized carbons (Fsp3) is 0.941. The molecule has 0 aromatic carbocycles. The van der Waals surface area contributed by atoms with Crippen molar-refractivity contribution in [2.75, 3.05) is 40.8 Å². The second-order valence-corrected chi connectivity index (χ2v) is 7.60. The summed E-state index contributed by atoms with van der Waals surface area (Å²) < 4.78 is 0. The summed E-state index contributed by atoms with van der Waals surface area (Å²) in [6.45, 7) is 10.2. The Kier molecular flexibility index (Phi) is 8.58. The zero-order valence-corrected chi connectivity index (χ0v) is 18.0. The molecule has 3 atom stereocenters. The highest BCUT2D eigenvalue weighted by atomic mass is 127. The second-order valence-electron chi connectivity index (χ2n) is 7.60. The van der Waals surface area contributed by atoms with Gasteiger partial charge >= 0.3 is 0 Å². The van der Waals surface area contributed by atoms with Crippen molar-refractivity contribution in [2.45, 2.75) is 51.7 Å². The molecule has 1 saturated carbocycles. The van der Waals surface area contributed by atoms with E-state index in [1.54, 1.807) is 0 Å². The maximum atomic E-state index is 4.42. The van der Waals surface area contributed by atoms with E-state index in [9.17, 15) is 0 Å². The van der Waals surface area contributed by atoms with Crippen molar-refractivity contribution >= 4 is 29.9 Å². The molecule has 2 aliphatic rings. The highest BCUT2D eigenvalue weighted by Crippen LogP contribution is 2.34. The molecular weight excluding hydrogens is 401 g/mol. The second kappa shape index (κ2) is 9.42. The number of nitrogens with zero attached hydrogens (tertiary/aromatic N) is 3. The minimum atomic E-state index is 0. The van der Waals surface area contributed by atoms with Crippen LogP contribution in [0.15, 0.2) is 4.99 Å². The molecule has 6 heteroatoms. The Morgan fingerprint density at radius 3 is 2.35 bits per heavy atom. The van der Waals surface area contributed by atoms with Gasteiger partial charge < -0.3 is 15.5 Å². The van der Waals surface area contributed by atoms with Crippen LogP contribution in [-0.4, -0.2) is 74.7 Å². The van der Waals surface area contributed by atoms with Gasteiger partial charge in [-0.3, -0.25) is 9.89 Å². The summed E-state index contributed by atoms with van der Waals surface area (Å²) in [6, 6.07) is 1.73. The molecule has 1 aliphatic carbocycles. The molecule has 5 nitrogen and oxygen atoms in total. The van der Waals surface area contributed by atoms with Crippen LogP contribution in [0, 0.1) is 11.8 Å². The predicted molar refractivity (Wildman–Crippen MR) is 110 cm³/mol. The Balaban J connectivity index is 0.00000264. The van der Waals surface area contributed by atoms with Crippen LogP contribution in [0.25, 0.3) is 0 Å². The minimum Gasteiger partial charge on any atom is -0.355 e. The van der Waals surface area contributed by atoms with E-state index in [-0.39, 0.29) is 24.0 Å². The quantitative estimate of drug-likeness (QED) is 0.378. The number of rotatable bonds is 6. The maximum Gasteiger partial charge on any atom is 0.191 e. The maximum absolute atomic E-state index is 4.42. The average molecular weight is 437 g/mol. The number of nitrogens with one attached hydrogen (secondary N) is 2. The van der Waals surface area contributed by atoms with E-state index in [4.69, 9.17) is 0 Å². The van der Waals surface area contributed by atoms with E-state index in [0.29, 0.717) is 24.0 Å². The lowest BCUT2D eigenvalue weighted by molar-refractivity contribution is 0.262. The first kappa shape index (κ1) is 21.0. The Labute approximate surface area is 159 Å². The van der Waals surface area contributed by atoms with Crippen LogP contribution >= 0.6 is 24.0 Å². The fourth-order valence-electron chi connectivity index (χ4n) is 3.44. The van der Waals surface area contributed by atoms with Crippen molar-refractivity contribution < 1.29 is 0 Å². The molecular formula is C17H36IN5. The molecule has 2 N–H and O–H groups in total. The minimum absolute atomic E-state index is 0. The third-order valence-electron chi connectivity index (χ3n) is 5.22. The molecule has 0 aromatic heterocycles. The van der Waals surface area contributed by atoms with Gasteiger partial charge in [-0.1, -0.05) is 6.92 Å². The molecule has 0 bridgehead atoms. The third-order valence-corrected chi connectivity index (χ3v) is 5.22. The molecule has 2 rings (SSSR count). The number of halogens is 1. The number of hydrogen-bond donors (Lipinski definition) is 2. The summed E-state index contributed by atoms with van der Waals surface area (Å²) in [6.07, 6.45) is 2.75. The zero-order chi connectivity index (χ0) is 16.3. The van der Waals surface area contributed by atoms with Crippen molar-refractivity contribution in [1.82, 2.24) is 20.4 Å². The molecule has 0 spiro atoms. The van der Waals surface area contributed by atoms with Crippen LogP contribution in [-0.2, 0) is 0 Å². The Morgan fingerprint density at radius 1 is 1.26 bits per heavy atom. The number of hydrogen-bond acceptors (Lipinski definition) is 3. The molecule has 1 heterocycles. The first-order valence-electron chi connectivity index (χ1n) is 8.80. The molecule has 0 radical (unpaired) electrons. The first-order valence-corrected chi connectivity index (χ1v) is 8.80. The summed E-state index contributed by atoms with van der Waals surface area (Å²) in [5.41, 5.74) is 0. The van der Waals surface area contributed by atoms with E-state index >= 15 is 0 Å². The zero-order valence-electron chi connectivity index (χ0n) is 15.7. The van der Waals surface area contributed by atoms with Gasteiger partial charge in [0.15, 0.2) is 5.96 Å². The van der Waals surface area contributed by atoms with Crippen molar-refractivity contribution in [3.63, 3.8) is 0 Å². The molecule has 23 heavy (non-hydrogen) atoms. The topological polar surface area (TPSA) is 42.9 Å². The predicted octanol–water partition coefficient (Wildman–Crippen LogP) is 1.84. The molecule has 1 saturated heterocycles. The normalized spacial score (nSPS) is 27.2. The van der Waals surface area contributed by atoms with Gasteiger partial charge in [0.25, 0.3) is 0 Å². The number of likely N-dealkylation sites (N-methyl/N-ethyl adjacent to an activating group) is 1. The van der Waals surface area contributed by atoms with E-state index < -0.39 is 0 Å². The van der Waals surface area contributed by atoms with E-state index in [0.717, 1.165) is 25.0 Å². The Hall–Kier alpha value is -0.0800. The lowest BCUT2D eigenvalue weighted by Gasteiger charge is -2.27. The summed E-state index contributed by atoms with van der Waals surface area (Å²) in [4.78, 5) is 9.31. The smallest absolute Gasteiger partial charge is 0.191 e. The van der Waals surface area contributed by atoms with Crippen LogP contribution in [0.5, 0.6) is 0 Å². The fourth-order valence-corrected chi connectivity index (χ4v) is 3.44. The van der Waals surface area contributed by atoms with Gasteiger partial charge in [0, 0.05) is 44.8 Å². The highest BCUT2D eigenvalue weighted by Gasteiger charge is 2.34. The first-order chi connectivity index (χ1) is 10.4. The van der Waals surface area contributed by atoms with Gasteiger partial charge in [-0.05, 0) is 52.6 Å². The summed E-state index contributed by atoms with van der Waals surface area (Å²) in [7, 11) is 6.23. The summed E-state index contributed by atoms with van der Waals surface area (Å²) in [5.74, 6) is 2.48. The van der Waals surface area contributed by atoms with Crippen molar-refractivity contribution in [3.05, 3.63) is 0 Å². The van der Waals surface area contributed by atoms with Crippen molar-refractivity contribution in [1.29, 1.82) is 0 Å². The van der Waals surface area contributed by atoms with Crippen LogP contribution < -0.4 is 10.6 Å². The molecule has 1 aliphatic heterocycles. The number of aliphatic imine (C=N–C) groups is 1. The third kappa shape index (κ3) is 6.05. The monoisotopic (exact) mass is 437 g/mol. The van der Waals surface area contributed by atoms with Gasteiger partial charge in [0.1, 0.15) is 0 Å². The largest absolute Gasteiger partial charge is 0.355 e. The average Bonchev–Trinajstić information content (AvgIpc) is 3.21. The number of guanidine groups is 1. The van der Waals surface area contributed by atoms with Crippen LogP contribution in [0.3, 0.4) is 0 Å². The molecule has 0 amide bonds. The Morgan fingerprint density at radius 2 is 1.91 bits per heavy atom. The van der Waals surface area contributed by atoms with Gasteiger partial charge in [-0.15, -0.1) is 24.0 Å². The molecule has 0 aromatic rings. The molecule has 2 fully saturated rings. The van der Waals surface area contributed by atoms with Gasteiger partial charge in [-0.2, -0.15) is 0 Å².